The Balaban J connectivity index is 2.25. The molecule has 0 amide bonds. The Morgan fingerprint density at radius 3 is 2.56 bits per heavy atom. The van der Waals surface area contributed by atoms with Crippen molar-refractivity contribution in [1.29, 1.82) is 0 Å². The second-order valence-corrected chi connectivity index (χ2v) is 6.36. The largest absolute Gasteiger partial charge is 0.460 e. The molecule has 0 spiro atoms. The van der Waals surface area contributed by atoms with Gasteiger partial charge in [-0.05, 0) is 44.4 Å². The molecule has 0 N–H and O–H groups in total. The molecule has 3 unspecified atom stereocenters. The van der Waals surface area contributed by atoms with Gasteiger partial charge in [0, 0.05) is 6.42 Å². The second kappa shape index (κ2) is 6.55. The van der Waals surface area contributed by atoms with Gasteiger partial charge in [0.1, 0.15) is 6.10 Å². The summed E-state index contributed by atoms with van der Waals surface area (Å²) in [5, 5.41) is 0. The van der Waals surface area contributed by atoms with Gasteiger partial charge in [-0.1, -0.05) is 20.8 Å². The van der Waals surface area contributed by atoms with Crippen LogP contribution in [0.4, 0.5) is 0 Å². The molecule has 1 rings (SSSR count). The molecule has 0 aromatic rings. The van der Waals surface area contributed by atoms with Gasteiger partial charge < -0.3 is 9.47 Å². The number of hydrogen-bond acceptors (Lipinski definition) is 3. The highest BCUT2D eigenvalue weighted by molar-refractivity contribution is 5.69. The average molecular weight is 256 g/mol. The minimum absolute atomic E-state index is 0.144. The topological polar surface area (TPSA) is 35.5 Å². The zero-order chi connectivity index (χ0) is 13.8. The summed E-state index contributed by atoms with van der Waals surface area (Å²) >= 11 is 0. The SMILES string of the molecule is CCC(=O)OC(C)COC(C)C1CCC(C)(C)C1. The summed E-state index contributed by atoms with van der Waals surface area (Å²) in [7, 11) is 0. The molecule has 0 bridgehead atoms. The Morgan fingerprint density at radius 2 is 2.06 bits per heavy atom. The maximum Gasteiger partial charge on any atom is 0.305 e. The molecule has 106 valence electrons. The van der Waals surface area contributed by atoms with Crippen LogP contribution in [-0.4, -0.2) is 24.8 Å². The minimum atomic E-state index is -0.152. The summed E-state index contributed by atoms with van der Waals surface area (Å²) in [6, 6.07) is 0. The third-order valence-corrected chi connectivity index (χ3v) is 3.89. The molecule has 3 nitrogen and oxygen atoms in total. The normalized spacial score (nSPS) is 25.7. The molecular formula is C15H28O3. The molecule has 1 aliphatic carbocycles. The lowest BCUT2D eigenvalue weighted by atomic mass is 9.89. The van der Waals surface area contributed by atoms with Crippen LogP contribution in [0.5, 0.6) is 0 Å². The zero-order valence-corrected chi connectivity index (χ0v) is 12.5. The molecule has 1 saturated carbocycles. The van der Waals surface area contributed by atoms with E-state index < -0.39 is 0 Å². The maximum atomic E-state index is 11.1. The van der Waals surface area contributed by atoms with E-state index in [4.69, 9.17) is 9.47 Å². The standard InChI is InChI=1S/C15H28O3/c1-6-14(16)18-11(2)10-17-12(3)13-7-8-15(4,5)9-13/h11-13H,6-10H2,1-5H3. The van der Waals surface area contributed by atoms with Crippen molar-refractivity contribution in [1.82, 2.24) is 0 Å². The first-order valence-electron chi connectivity index (χ1n) is 7.15. The Labute approximate surface area is 111 Å². The zero-order valence-electron chi connectivity index (χ0n) is 12.5. The molecule has 0 aliphatic heterocycles. The molecule has 18 heavy (non-hydrogen) atoms. The average Bonchev–Trinajstić information content (AvgIpc) is 2.66. The fraction of sp³-hybridized carbons (Fsp3) is 0.933. The van der Waals surface area contributed by atoms with Gasteiger partial charge >= 0.3 is 5.97 Å². The van der Waals surface area contributed by atoms with Crippen molar-refractivity contribution in [2.24, 2.45) is 11.3 Å². The Bertz CT molecular complexity index is 273. The monoisotopic (exact) mass is 256 g/mol. The van der Waals surface area contributed by atoms with Crippen molar-refractivity contribution in [3.8, 4) is 0 Å². The third kappa shape index (κ3) is 4.97. The van der Waals surface area contributed by atoms with Gasteiger partial charge in [0.15, 0.2) is 0 Å². The predicted molar refractivity (Wildman–Crippen MR) is 72.4 cm³/mol. The third-order valence-electron chi connectivity index (χ3n) is 3.89. The van der Waals surface area contributed by atoms with E-state index >= 15 is 0 Å². The quantitative estimate of drug-likeness (QED) is 0.682. The first-order valence-corrected chi connectivity index (χ1v) is 7.15. The highest BCUT2D eigenvalue weighted by Crippen LogP contribution is 2.42. The Hall–Kier alpha value is -0.570. The lowest BCUT2D eigenvalue weighted by Gasteiger charge is -2.23. The maximum absolute atomic E-state index is 11.1. The first kappa shape index (κ1) is 15.5. The summed E-state index contributed by atoms with van der Waals surface area (Å²) in [5.41, 5.74) is 0.461. The van der Waals surface area contributed by atoms with Crippen LogP contribution in [0, 0.1) is 11.3 Å². The number of carbonyl (C=O) groups excluding carboxylic acids is 1. The van der Waals surface area contributed by atoms with E-state index in [9.17, 15) is 4.79 Å². The van der Waals surface area contributed by atoms with Crippen LogP contribution in [0.3, 0.4) is 0 Å². The van der Waals surface area contributed by atoms with Crippen molar-refractivity contribution in [3.05, 3.63) is 0 Å². The Kier molecular flexibility index (Phi) is 5.64. The molecule has 3 heteroatoms. The van der Waals surface area contributed by atoms with Gasteiger partial charge in [0.05, 0.1) is 12.7 Å². The lowest BCUT2D eigenvalue weighted by Crippen LogP contribution is -2.26. The minimum Gasteiger partial charge on any atom is -0.460 e. The van der Waals surface area contributed by atoms with Crippen molar-refractivity contribution >= 4 is 5.97 Å². The van der Waals surface area contributed by atoms with Crippen molar-refractivity contribution in [2.75, 3.05) is 6.61 Å². The molecule has 0 heterocycles. The van der Waals surface area contributed by atoms with E-state index in [0.717, 1.165) is 0 Å². The van der Waals surface area contributed by atoms with Crippen LogP contribution in [0.15, 0.2) is 0 Å². The molecule has 1 fully saturated rings. The highest BCUT2D eigenvalue weighted by atomic mass is 16.6. The molecular weight excluding hydrogens is 228 g/mol. The Morgan fingerprint density at radius 1 is 1.39 bits per heavy atom. The van der Waals surface area contributed by atoms with Crippen molar-refractivity contribution in [2.45, 2.75) is 72.5 Å². The van der Waals surface area contributed by atoms with Gasteiger partial charge in [-0.2, -0.15) is 0 Å². The fourth-order valence-electron chi connectivity index (χ4n) is 2.66. The number of carbonyl (C=O) groups is 1. The van der Waals surface area contributed by atoms with E-state index in [0.29, 0.717) is 24.4 Å². The molecule has 0 aromatic carbocycles. The van der Waals surface area contributed by atoms with Crippen LogP contribution in [0.25, 0.3) is 0 Å². The van der Waals surface area contributed by atoms with E-state index in [1.54, 1.807) is 6.92 Å². The van der Waals surface area contributed by atoms with Crippen LogP contribution in [0.1, 0.15) is 60.3 Å². The number of esters is 1. The van der Waals surface area contributed by atoms with Crippen LogP contribution >= 0.6 is 0 Å². The fourth-order valence-corrected chi connectivity index (χ4v) is 2.66. The summed E-state index contributed by atoms with van der Waals surface area (Å²) in [6.45, 7) is 11.0. The van der Waals surface area contributed by atoms with Gasteiger partial charge in [0.2, 0.25) is 0 Å². The number of ether oxygens (including phenoxy) is 2. The number of rotatable bonds is 6. The van der Waals surface area contributed by atoms with E-state index in [2.05, 4.69) is 20.8 Å². The predicted octanol–water partition coefficient (Wildman–Crippen LogP) is 3.56. The van der Waals surface area contributed by atoms with Crippen molar-refractivity contribution in [3.63, 3.8) is 0 Å². The molecule has 0 radical (unpaired) electrons. The molecule has 0 saturated heterocycles. The smallest absolute Gasteiger partial charge is 0.305 e. The van der Waals surface area contributed by atoms with Crippen molar-refractivity contribution < 1.29 is 14.3 Å². The van der Waals surface area contributed by atoms with E-state index in [-0.39, 0.29) is 18.2 Å². The highest BCUT2D eigenvalue weighted by Gasteiger charge is 2.34. The van der Waals surface area contributed by atoms with E-state index in [1.165, 1.54) is 19.3 Å². The molecule has 3 atom stereocenters. The van der Waals surface area contributed by atoms with Gasteiger partial charge in [-0.25, -0.2) is 0 Å². The van der Waals surface area contributed by atoms with Crippen LogP contribution in [-0.2, 0) is 14.3 Å². The van der Waals surface area contributed by atoms with E-state index in [1.807, 2.05) is 6.92 Å². The molecule has 0 aromatic heterocycles. The lowest BCUT2D eigenvalue weighted by molar-refractivity contribution is -0.152. The van der Waals surface area contributed by atoms with Crippen LogP contribution < -0.4 is 0 Å². The second-order valence-electron chi connectivity index (χ2n) is 6.36. The summed E-state index contributed by atoms with van der Waals surface area (Å²) in [4.78, 5) is 11.1. The van der Waals surface area contributed by atoms with Gasteiger partial charge in [-0.3, -0.25) is 4.79 Å². The van der Waals surface area contributed by atoms with Gasteiger partial charge in [0.25, 0.3) is 0 Å². The van der Waals surface area contributed by atoms with Crippen LogP contribution in [0.2, 0.25) is 0 Å². The molecule has 1 aliphatic rings. The first-order chi connectivity index (χ1) is 8.34. The summed E-state index contributed by atoms with van der Waals surface area (Å²) < 4.78 is 11.0. The van der Waals surface area contributed by atoms with Gasteiger partial charge in [-0.15, -0.1) is 0 Å². The summed E-state index contributed by atoms with van der Waals surface area (Å²) in [5.74, 6) is 0.495. The summed E-state index contributed by atoms with van der Waals surface area (Å²) in [6.07, 6.45) is 4.31. The number of hydrogen-bond donors (Lipinski definition) is 0.